The number of rotatable bonds is 7. The normalized spacial score (nSPS) is 15.3. The number of amides is 2. The molecule has 180 valence electrons. The highest BCUT2D eigenvalue weighted by molar-refractivity contribution is 7.89. The van der Waals surface area contributed by atoms with Crippen molar-refractivity contribution in [2.24, 2.45) is 0 Å². The summed E-state index contributed by atoms with van der Waals surface area (Å²) in [6, 6.07) is 8.30. The molecule has 2 heterocycles. The lowest BCUT2D eigenvalue weighted by atomic mass is 10.1. The number of nitrogens with one attached hydrogen (secondary N) is 3. The fourth-order valence-corrected chi connectivity index (χ4v) is 4.42. The molecule has 12 heteroatoms. The molecule has 0 atom stereocenters. The van der Waals surface area contributed by atoms with E-state index in [1.54, 1.807) is 12.1 Å². The second kappa shape index (κ2) is 10.4. The molecule has 1 fully saturated rings. The summed E-state index contributed by atoms with van der Waals surface area (Å²) >= 11 is 0. The Morgan fingerprint density at radius 3 is 2.33 bits per heavy atom. The number of aryl methyl sites for hydroxylation is 1. The van der Waals surface area contributed by atoms with E-state index < -0.39 is 27.8 Å². The first-order chi connectivity index (χ1) is 15.5. The molecule has 3 N–H and O–H groups in total. The Hall–Kier alpha value is -2.86. The highest BCUT2D eigenvalue weighted by atomic mass is 32.2. The van der Waals surface area contributed by atoms with E-state index in [4.69, 9.17) is 0 Å². The van der Waals surface area contributed by atoms with E-state index in [0.717, 1.165) is 17.8 Å². The van der Waals surface area contributed by atoms with Gasteiger partial charge in [-0.05, 0) is 44.0 Å². The number of sulfonamides is 1. The van der Waals surface area contributed by atoms with Crippen molar-refractivity contribution in [1.82, 2.24) is 20.3 Å². The van der Waals surface area contributed by atoms with Crippen molar-refractivity contribution < 1.29 is 26.4 Å². The van der Waals surface area contributed by atoms with E-state index in [9.17, 15) is 26.4 Å². The highest BCUT2D eigenvalue weighted by Crippen LogP contribution is 2.29. The van der Waals surface area contributed by atoms with E-state index in [-0.39, 0.29) is 24.0 Å². The largest absolute Gasteiger partial charge is 0.417 e. The molecule has 0 saturated carbocycles. The maximum atomic E-state index is 12.7. The number of carbonyl (C=O) groups is 1. The summed E-state index contributed by atoms with van der Waals surface area (Å²) in [6.45, 7) is 3.11. The number of aromatic nitrogens is 1. The Morgan fingerprint density at radius 1 is 1.09 bits per heavy atom. The van der Waals surface area contributed by atoms with E-state index in [2.05, 4.69) is 20.3 Å². The number of halogens is 3. The fraction of sp³-hybridized carbons (Fsp3) is 0.429. The number of anilines is 1. The molecule has 33 heavy (non-hydrogen) atoms. The maximum absolute atomic E-state index is 12.7. The van der Waals surface area contributed by atoms with Gasteiger partial charge in [-0.2, -0.15) is 13.2 Å². The molecule has 0 radical (unpaired) electrons. The first kappa shape index (κ1) is 24.8. The zero-order valence-corrected chi connectivity index (χ0v) is 18.8. The Bertz CT molecular complexity index is 1040. The molecule has 1 saturated heterocycles. The third kappa shape index (κ3) is 7.06. The number of alkyl halides is 3. The van der Waals surface area contributed by atoms with Gasteiger partial charge in [0.15, 0.2) is 0 Å². The number of hydrogen-bond donors (Lipinski definition) is 3. The molecule has 0 bridgehead atoms. The second-order valence-corrected chi connectivity index (χ2v) is 9.54. The monoisotopic (exact) mass is 485 g/mol. The van der Waals surface area contributed by atoms with Gasteiger partial charge < -0.3 is 15.5 Å². The number of benzene rings is 1. The van der Waals surface area contributed by atoms with Crippen LogP contribution in [0.5, 0.6) is 0 Å². The van der Waals surface area contributed by atoms with Gasteiger partial charge in [-0.15, -0.1) is 0 Å². The topological polar surface area (TPSA) is 103 Å². The molecule has 1 aliphatic rings. The van der Waals surface area contributed by atoms with Gasteiger partial charge in [-0.3, -0.25) is 0 Å². The predicted octanol–water partition coefficient (Wildman–Crippen LogP) is 2.66. The van der Waals surface area contributed by atoms with E-state index in [1.807, 2.05) is 11.8 Å². The number of pyridine rings is 1. The van der Waals surface area contributed by atoms with Crippen LogP contribution in [0.4, 0.5) is 23.8 Å². The zero-order chi connectivity index (χ0) is 24.1. The van der Waals surface area contributed by atoms with Crippen molar-refractivity contribution in [2.45, 2.75) is 36.9 Å². The number of carbonyl (C=O) groups excluding carboxylic acids is 1. The van der Waals surface area contributed by atoms with Crippen molar-refractivity contribution in [3.8, 4) is 0 Å². The molecular weight excluding hydrogens is 459 g/mol. The SMILES string of the molecule is Cc1ccc(S(=O)(=O)NCCNC(=O)NC2CCN(c3ccc(C(F)(F)F)cn3)CC2)cc1. The molecule has 8 nitrogen and oxygen atoms in total. The van der Waals surface area contributed by atoms with Gasteiger partial charge in [0.1, 0.15) is 5.82 Å². The van der Waals surface area contributed by atoms with Gasteiger partial charge in [0.2, 0.25) is 10.0 Å². The van der Waals surface area contributed by atoms with Crippen molar-refractivity contribution >= 4 is 21.9 Å². The minimum atomic E-state index is -4.42. The van der Waals surface area contributed by atoms with Gasteiger partial charge in [-0.1, -0.05) is 17.7 Å². The zero-order valence-electron chi connectivity index (χ0n) is 18.0. The van der Waals surface area contributed by atoms with Crippen LogP contribution in [-0.2, 0) is 16.2 Å². The Morgan fingerprint density at radius 2 is 1.76 bits per heavy atom. The van der Waals surface area contributed by atoms with Crippen LogP contribution in [0.25, 0.3) is 0 Å². The summed E-state index contributed by atoms with van der Waals surface area (Å²) in [7, 11) is -3.64. The molecule has 2 amide bonds. The number of hydrogen-bond acceptors (Lipinski definition) is 5. The average Bonchev–Trinajstić information content (AvgIpc) is 2.77. The van der Waals surface area contributed by atoms with Crippen LogP contribution in [-0.4, -0.2) is 51.7 Å². The minimum Gasteiger partial charge on any atom is -0.356 e. The first-order valence-electron chi connectivity index (χ1n) is 10.4. The van der Waals surface area contributed by atoms with E-state index in [1.165, 1.54) is 18.2 Å². The van der Waals surface area contributed by atoms with Crippen LogP contribution in [0.3, 0.4) is 0 Å². The van der Waals surface area contributed by atoms with Crippen molar-refractivity contribution in [3.63, 3.8) is 0 Å². The third-order valence-corrected chi connectivity index (χ3v) is 6.74. The molecule has 1 aliphatic heterocycles. The smallest absolute Gasteiger partial charge is 0.356 e. The maximum Gasteiger partial charge on any atom is 0.417 e. The average molecular weight is 486 g/mol. The van der Waals surface area contributed by atoms with Crippen molar-refractivity contribution in [2.75, 3.05) is 31.1 Å². The van der Waals surface area contributed by atoms with Gasteiger partial charge >= 0.3 is 12.2 Å². The molecule has 1 aromatic carbocycles. The second-order valence-electron chi connectivity index (χ2n) is 7.78. The molecule has 0 aliphatic carbocycles. The molecular formula is C21H26F3N5O3S. The van der Waals surface area contributed by atoms with Crippen molar-refractivity contribution in [1.29, 1.82) is 0 Å². The van der Waals surface area contributed by atoms with Gasteiger partial charge in [0.25, 0.3) is 0 Å². The first-order valence-corrected chi connectivity index (χ1v) is 11.9. The quantitative estimate of drug-likeness (QED) is 0.524. The van der Waals surface area contributed by atoms with Crippen LogP contribution in [0, 0.1) is 6.92 Å². The third-order valence-electron chi connectivity index (χ3n) is 5.26. The number of nitrogens with zero attached hydrogens (tertiary/aromatic N) is 2. The van der Waals surface area contributed by atoms with E-state index >= 15 is 0 Å². The van der Waals surface area contributed by atoms with E-state index in [0.29, 0.717) is 31.7 Å². The van der Waals surface area contributed by atoms with Crippen LogP contribution < -0.4 is 20.3 Å². The summed E-state index contributed by atoms with van der Waals surface area (Å²) in [5, 5.41) is 5.45. The van der Waals surface area contributed by atoms with Gasteiger partial charge in [0, 0.05) is 38.4 Å². The predicted molar refractivity (Wildman–Crippen MR) is 117 cm³/mol. The lowest BCUT2D eigenvalue weighted by Gasteiger charge is -2.33. The minimum absolute atomic E-state index is 0.0433. The number of piperidine rings is 1. The Kier molecular flexibility index (Phi) is 7.80. The fourth-order valence-electron chi connectivity index (χ4n) is 3.39. The highest BCUT2D eigenvalue weighted by Gasteiger charge is 2.31. The Labute approximate surface area is 190 Å². The summed E-state index contributed by atoms with van der Waals surface area (Å²) in [5.41, 5.74) is 0.161. The lowest BCUT2D eigenvalue weighted by molar-refractivity contribution is -0.137. The lowest BCUT2D eigenvalue weighted by Crippen LogP contribution is -2.49. The van der Waals surface area contributed by atoms with Gasteiger partial charge in [0.05, 0.1) is 10.5 Å². The van der Waals surface area contributed by atoms with Crippen molar-refractivity contribution in [3.05, 3.63) is 53.7 Å². The van der Waals surface area contributed by atoms with Crippen LogP contribution in [0.2, 0.25) is 0 Å². The standard InChI is InChI=1S/C21H26F3N5O3S/c1-15-2-5-18(6-3-15)33(31,32)27-11-10-25-20(30)28-17-8-12-29(13-9-17)19-7-4-16(14-26-19)21(22,23)24/h2-7,14,17,27H,8-13H2,1H3,(H2,25,28,30). The molecule has 1 aromatic heterocycles. The molecule has 0 unspecified atom stereocenters. The van der Waals surface area contributed by atoms with Crippen LogP contribution in [0.15, 0.2) is 47.5 Å². The molecule has 0 spiro atoms. The van der Waals surface area contributed by atoms with Crippen LogP contribution >= 0.6 is 0 Å². The summed E-state index contributed by atoms with van der Waals surface area (Å²) in [4.78, 5) is 18.0. The summed E-state index contributed by atoms with van der Waals surface area (Å²) < 4.78 is 64.9. The van der Waals surface area contributed by atoms with Gasteiger partial charge in [-0.25, -0.2) is 22.9 Å². The molecule has 2 aromatic rings. The van der Waals surface area contributed by atoms with Crippen LogP contribution in [0.1, 0.15) is 24.0 Å². The summed E-state index contributed by atoms with van der Waals surface area (Å²) in [5.74, 6) is 0.465. The Balaban J connectivity index is 1.37. The molecule has 3 rings (SSSR count). The summed E-state index contributed by atoms with van der Waals surface area (Å²) in [6.07, 6.45) is -2.39. The number of urea groups is 1.